The third kappa shape index (κ3) is 4.43. The monoisotopic (exact) mass is 363 g/mol. The van der Waals surface area contributed by atoms with Crippen LogP contribution in [-0.4, -0.2) is 28.3 Å². The Kier molecular flexibility index (Phi) is 5.36. The zero-order chi connectivity index (χ0) is 19.2. The van der Waals surface area contributed by atoms with Gasteiger partial charge in [0.2, 0.25) is 0 Å². The second-order valence-corrected chi connectivity index (χ2v) is 5.91. The summed E-state index contributed by atoms with van der Waals surface area (Å²) >= 11 is 0. The quantitative estimate of drug-likeness (QED) is 0.411. The van der Waals surface area contributed by atoms with Crippen LogP contribution in [0.15, 0.2) is 69.5 Å². The van der Waals surface area contributed by atoms with Crippen LogP contribution in [0.25, 0.3) is 11.0 Å². The van der Waals surface area contributed by atoms with Gasteiger partial charge in [-0.3, -0.25) is 9.59 Å². The van der Waals surface area contributed by atoms with Gasteiger partial charge in [-0.25, -0.2) is 10.1 Å². The molecule has 0 saturated heterocycles. The number of carbonyl (C=O) groups is 2. The molecule has 0 radical (unpaired) electrons. The van der Waals surface area contributed by atoms with E-state index in [1.807, 2.05) is 6.07 Å². The molecule has 3 rings (SSSR count). The second kappa shape index (κ2) is 8.05. The fraction of sp³-hybridized carbons (Fsp3) is 0.105. The summed E-state index contributed by atoms with van der Waals surface area (Å²) in [4.78, 5) is 24.7. The Morgan fingerprint density at radius 1 is 1.04 bits per heavy atom. The number of fused-ring (bicyclic) bond motifs is 1. The number of amides is 2. The molecule has 0 atom stereocenters. The molecule has 27 heavy (non-hydrogen) atoms. The third-order valence-corrected chi connectivity index (χ3v) is 3.66. The summed E-state index contributed by atoms with van der Waals surface area (Å²) < 4.78 is 4.63. The fourth-order valence-electron chi connectivity index (χ4n) is 2.28. The van der Waals surface area contributed by atoms with E-state index in [1.54, 1.807) is 56.3 Å². The third-order valence-electron chi connectivity index (χ3n) is 3.66. The fourth-order valence-corrected chi connectivity index (χ4v) is 2.28. The second-order valence-electron chi connectivity index (χ2n) is 5.91. The Morgan fingerprint density at radius 2 is 1.78 bits per heavy atom. The van der Waals surface area contributed by atoms with Gasteiger partial charge in [0, 0.05) is 5.56 Å². The summed E-state index contributed by atoms with van der Waals surface area (Å²) in [5, 5.41) is 14.0. The largest absolute Gasteiger partial charge is 0.317 e. The molecule has 8 heteroatoms. The molecule has 0 aliphatic carbocycles. The van der Waals surface area contributed by atoms with Crippen molar-refractivity contribution in [3.05, 3.63) is 70.9 Å². The number of carbonyl (C=O) groups excluding carboxylic acids is 2. The highest BCUT2D eigenvalue weighted by Gasteiger charge is 2.15. The number of hydrazone groups is 1. The number of allylic oxidation sites excluding steroid dienone is 1. The van der Waals surface area contributed by atoms with Gasteiger partial charge in [-0.1, -0.05) is 24.3 Å². The standard InChI is InChI=1S/C19H17N5O3/c1-12(2)17(21-18(25)14-6-4-3-5-7-14)19(26)22-20-11-13-8-9-15-16(10-13)24-27-23-15/h3-11H,1-2H3,(H,21,25)(H,22,26). The minimum Gasteiger partial charge on any atom is -0.317 e. The molecule has 2 aromatic carbocycles. The SMILES string of the molecule is CC(C)=C(NC(=O)c1ccccc1)C(=O)NN=Cc1ccc2nonc2c1. The van der Waals surface area contributed by atoms with Crippen molar-refractivity contribution in [2.45, 2.75) is 13.8 Å². The molecule has 2 amide bonds. The summed E-state index contributed by atoms with van der Waals surface area (Å²) in [5.74, 6) is -0.880. The van der Waals surface area contributed by atoms with Crippen LogP contribution in [0.4, 0.5) is 0 Å². The van der Waals surface area contributed by atoms with Gasteiger partial charge in [0.1, 0.15) is 16.7 Å². The number of nitrogens with one attached hydrogen (secondary N) is 2. The zero-order valence-electron chi connectivity index (χ0n) is 14.8. The summed E-state index contributed by atoms with van der Waals surface area (Å²) in [6.45, 7) is 3.46. The van der Waals surface area contributed by atoms with Crippen molar-refractivity contribution in [2.75, 3.05) is 0 Å². The molecule has 1 aromatic heterocycles. The Morgan fingerprint density at radius 3 is 2.52 bits per heavy atom. The van der Waals surface area contributed by atoms with Crippen LogP contribution in [0.1, 0.15) is 29.8 Å². The first kappa shape index (κ1) is 18.0. The van der Waals surface area contributed by atoms with Gasteiger partial charge in [-0.15, -0.1) is 0 Å². The van der Waals surface area contributed by atoms with Gasteiger partial charge in [-0.2, -0.15) is 5.10 Å². The Labute approximate surface area is 154 Å². The number of benzene rings is 2. The van der Waals surface area contributed by atoms with Crippen molar-refractivity contribution in [1.29, 1.82) is 0 Å². The maximum absolute atomic E-state index is 12.4. The van der Waals surface area contributed by atoms with E-state index >= 15 is 0 Å². The first-order valence-electron chi connectivity index (χ1n) is 8.14. The van der Waals surface area contributed by atoms with Crippen LogP contribution in [0.3, 0.4) is 0 Å². The predicted octanol–water partition coefficient (Wildman–Crippen LogP) is 2.40. The number of nitrogens with zero attached hydrogens (tertiary/aromatic N) is 3. The number of rotatable bonds is 5. The van der Waals surface area contributed by atoms with Crippen LogP contribution in [0.2, 0.25) is 0 Å². The molecule has 136 valence electrons. The van der Waals surface area contributed by atoms with Crippen LogP contribution in [0, 0.1) is 0 Å². The van der Waals surface area contributed by atoms with E-state index in [4.69, 9.17) is 0 Å². The predicted molar refractivity (Wildman–Crippen MR) is 99.8 cm³/mol. The molecule has 0 spiro atoms. The topological polar surface area (TPSA) is 109 Å². The van der Waals surface area contributed by atoms with Gasteiger partial charge in [-0.05, 0) is 59.6 Å². The zero-order valence-corrected chi connectivity index (χ0v) is 14.8. The number of hydrogen-bond donors (Lipinski definition) is 2. The van der Waals surface area contributed by atoms with Gasteiger partial charge in [0.15, 0.2) is 0 Å². The molecule has 3 aromatic rings. The average Bonchev–Trinajstić information content (AvgIpc) is 3.14. The molecule has 0 saturated carbocycles. The molecule has 1 heterocycles. The molecule has 0 aliphatic heterocycles. The highest BCUT2D eigenvalue weighted by atomic mass is 16.6. The van der Waals surface area contributed by atoms with E-state index in [9.17, 15) is 9.59 Å². The van der Waals surface area contributed by atoms with Crippen molar-refractivity contribution in [2.24, 2.45) is 5.10 Å². The van der Waals surface area contributed by atoms with Crippen molar-refractivity contribution in [3.8, 4) is 0 Å². The van der Waals surface area contributed by atoms with Crippen molar-refractivity contribution in [3.63, 3.8) is 0 Å². The van der Waals surface area contributed by atoms with Crippen LogP contribution >= 0.6 is 0 Å². The molecule has 8 nitrogen and oxygen atoms in total. The maximum atomic E-state index is 12.4. The lowest BCUT2D eigenvalue weighted by molar-refractivity contribution is -0.117. The first-order chi connectivity index (χ1) is 13.0. The first-order valence-corrected chi connectivity index (χ1v) is 8.14. The Hall–Kier alpha value is -3.81. The minimum absolute atomic E-state index is 0.150. The van der Waals surface area contributed by atoms with Crippen LogP contribution in [-0.2, 0) is 4.79 Å². The molecule has 0 fully saturated rings. The van der Waals surface area contributed by atoms with Gasteiger partial charge in [0.25, 0.3) is 11.8 Å². The van der Waals surface area contributed by atoms with Crippen molar-refractivity contribution in [1.82, 2.24) is 21.1 Å². The lowest BCUT2D eigenvalue weighted by Gasteiger charge is -2.10. The van der Waals surface area contributed by atoms with E-state index in [-0.39, 0.29) is 11.6 Å². The Balaban J connectivity index is 1.66. The molecular formula is C19H17N5O3. The molecule has 0 bridgehead atoms. The highest BCUT2D eigenvalue weighted by Crippen LogP contribution is 2.10. The van der Waals surface area contributed by atoms with Gasteiger partial charge < -0.3 is 5.32 Å². The minimum atomic E-state index is -0.514. The maximum Gasteiger partial charge on any atom is 0.287 e. The summed E-state index contributed by atoms with van der Waals surface area (Å²) in [5.41, 5.74) is 5.61. The molecular weight excluding hydrogens is 346 g/mol. The summed E-state index contributed by atoms with van der Waals surface area (Å²) in [7, 11) is 0. The van der Waals surface area contributed by atoms with E-state index in [0.717, 1.165) is 0 Å². The van der Waals surface area contributed by atoms with E-state index in [2.05, 4.69) is 30.8 Å². The van der Waals surface area contributed by atoms with E-state index in [1.165, 1.54) is 6.21 Å². The lowest BCUT2D eigenvalue weighted by atomic mass is 10.2. The van der Waals surface area contributed by atoms with E-state index in [0.29, 0.717) is 27.7 Å². The van der Waals surface area contributed by atoms with Crippen LogP contribution < -0.4 is 10.7 Å². The summed E-state index contributed by atoms with van der Waals surface area (Å²) in [6, 6.07) is 13.9. The smallest absolute Gasteiger partial charge is 0.287 e. The van der Waals surface area contributed by atoms with Crippen LogP contribution in [0.5, 0.6) is 0 Å². The van der Waals surface area contributed by atoms with Crippen molar-refractivity contribution >= 4 is 29.1 Å². The normalized spacial score (nSPS) is 10.7. The lowest BCUT2D eigenvalue weighted by Crippen LogP contribution is -2.33. The van der Waals surface area contributed by atoms with Crippen molar-refractivity contribution < 1.29 is 14.2 Å². The Bertz CT molecular complexity index is 1030. The van der Waals surface area contributed by atoms with Gasteiger partial charge >= 0.3 is 0 Å². The summed E-state index contributed by atoms with van der Waals surface area (Å²) in [6.07, 6.45) is 1.47. The molecule has 0 unspecified atom stereocenters. The van der Waals surface area contributed by atoms with Gasteiger partial charge in [0.05, 0.1) is 6.21 Å². The highest BCUT2D eigenvalue weighted by molar-refractivity contribution is 6.03. The number of hydrogen-bond acceptors (Lipinski definition) is 6. The number of aromatic nitrogens is 2. The average molecular weight is 363 g/mol. The van der Waals surface area contributed by atoms with E-state index < -0.39 is 5.91 Å². The molecule has 2 N–H and O–H groups in total. The molecule has 0 aliphatic rings.